The molecule has 0 radical (unpaired) electrons. The van der Waals surface area contributed by atoms with Crippen molar-refractivity contribution in [3.05, 3.63) is 41.5 Å². The molecule has 0 saturated carbocycles. The van der Waals surface area contributed by atoms with Gasteiger partial charge in [-0.25, -0.2) is 0 Å². The minimum Gasteiger partial charge on any atom is -0.294 e. The fourth-order valence-corrected chi connectivity index (χ4v) is 1.39. The molecule has 88 valence electrons. The molecule has 1 aromatic carbocycles. The first kappa shape index (κ1) is 13.5. The fourth-order valence-electron chi connectivity index (χ4n) is 1.25. The molecule has 0 aliphatic heterocycles. The van der Waals surface area contributed by atoms with E-state index in [9.17, 15) is 4.79 Å². The predicted octanol–water partition coefficient (Wildman–Crippen LogP) is 3.68. The summed E-state index contributed by atoms with van der Waals surface area (Å²) in [7, 11) is 0. The lowest BCUT2D eigenvalue weighted by atomic mass is 10.1. The molecule has 1 nitrogen and oxygen atoms in total. The highest BCUT2D eigenvalue weighted by Gasteiger charge is 1.99. The molecule has 0 fully saturated rings. The Labute approximate surface area is 107 Å². The average Bonchev–Trinajstić information content (AvgIpc) is 2.34. The molecule has 0 aromatic heterocycles. The number of Topliss-reactive ketones (excluding diaryl/α,β-unsaturated/α-hetero) is 1. The number of ketones is 1. The lowest BCUT2D eigenvalue weighted by Gasteiger charge is -1.95. The Kier molecular flexibility index (Phi) is 6.14. The number of allylic oxidation sites excluding steroid dienone is 1. The maximum Gasteiger partial charge on any atom is 0.168 e. The summed E-state index contributed by atoms with van der Waals surface area (Å²) < 4.78 is 0. The standard InChI is InChI=1S/C15H15ClO/c1-13(17)15(10-6-3-7-11-16)12-14-8-4-2-5-9-14/h2,4-5,8-9,12H,3,7,11H2,1H3/b15-12+. The van der Waals surface area contributed by atoms with Gasteiger partial charge >= 0.3 is 0 Å². The van der Waals surface area contributed by atoms with Crippen LogP contribution >= 0.6 is 11.6 Å². The minimum atomic E-state index is -0.00720. The van der Waals surface area contributed by atoms with Crippen LogP contribution in [-0.2, 0) is 4.79 Å². The number of unbranched alkanes of at least 4 members (excludes halogenated alkanes) is 1. The van der Waals surface area contributed by atoms with Gasteiger partial charge in [-0.3, -0.25) is 4.79 Å². The number of alkyl halides is 1. The van der Waals surface area contributed by atoms with Crippen LogP contribution in [0.5, 0.6) is 0 Å². The zero-order valence-electron chi connectivity index (χ0n) is 9.87. The first-order valence-electron chi connectivity index (χ1n) is 5.56. The van der Waals surface area contributed by atoms with E-state index in [1.807, 2.05) is 36.4 Å². The fraction of sp³-hybridized carbons (Fsp3) is 0.267. The Morgan fingerprint density at radius 2 is 2.06 bits per heavy atom. The van der Waals surface area contributed by atoms with Crippen LogP contribution in [0.2, 0.25) is 0 Å². The SMILES string of the molecule is CC(=O)/C(C#CCCCCl)=C/c1ccccc1. The molecule has 0 spiro atoms. The highest BCUT2D eigenvalue weighted by Crippen LogP contribution is 2.07. The van der Waals surface area contributed by atoms with Crippen LogP contribution in [0.1, 0.15) is 25.3 Å². The normalized spacial score (nSPS) is 10.6. The van der Waals surface area contributed by atoms with Gasteiger partial charge in [0.15, 0.2) is 5.78 Å². The summed E-state index contributed by atoms with van der Waals surface area (Å²) in [5.41, 5.74) is 1.54. The van der Waals surface area contributed by atoms with E-state index in [-0.39, 0.29) is 5.78 Å². The van der Waals surface area contributed by atoms with E-state index in [1.54, 1.807) is 0 Å². The van der Waals surface area contributed by atoms with Gasteiger partial charge in [0.25, 0.3) is 0 Å². The van der Waals surface area contributed by atoms with Crippen molar-refractivity contribution in [2.24, 2.45) is 0 Å². The van der Waals surface area contributed by atoms with Crippen molar-refractivity contribution in [1.82, 2.24) is 0 Å². The first-order valence-corrected chi connectivity index (χ1v) is 6.10. The maximum absolute atomic E-state index is 11.4. The van der Waals surface area contributed by atoms with Gasteiger partial charge in [0, 0.05) is 12.3 Å². The number of hydrogen-bond donors (Lipinski definition) is 0. The minimum absolute atomic E-state index is 0.00720. The Morgan fingerprint density at radius 1 is 1.35 bits per heavy atom. The third kappa shape index (κ3) is 5.38. The van der Waals surface area contributed by atoms with Crippen LogP contribution in [0, 0.1) is 11.8 Å². The number of hydrogen-bond acceptors (Lipinski definition) is 1. The topological polar surface area (TPSA) is 17.1 Å². The molecule has 0 N–H and O–H groups in total. The van der Waals surface area contributed by atoms with Crippen molar-refractivity contribution in [2.45, 2.75) is 19.8 Å². The molecule has 0 heterocycles. The van der Waals surface area contributed by atoms with Crippen LogP contribution < -0.4 is 0 Å². The molecular formula is C15H15ClO. The smallest absolute Gasteiger partial charge is 0.168 e. The Hall–Kier alpha value is -1.52. The highest BCUT2D eigenvalue weighted by atomic mass is 35.5. The largest absolute Gasteiger partial charge is 0.294 e. The third-order valence-electron chi connectivity index (χ3n) is 2.15. The lowest BCUT2D eigenvalue weighted by Crippen LogP contribution is -1.93. The Morgan fingerprint density at radius 3 is 2.65 bits per heavy atom. The summed E-state index contributed by atoms with van der Waals surface area (Å²) in [5, 5.41) is 0. The summed E-state index contributed by atoms with van der Waals surface area (Å²) in [4.78, 5) is 11.4. The quantitative estimate of drug-likeness (QED) is 0.343. The van der Waals surface area contributed by atoms with E-state index < -0.39 is 0 Å². The molecule has 0 saturated heterocycles. The molecule has 0 aliphatic carbocycles. The second kappa shape index (κ2) is 7.70. The van der Waals surface area contributed by atoms with Gasteiger partial charge in [0.05, 0.1) is 5.57 Å². The Bertz CT molecular complexity index is 449. The van der Waals surface area contributed by atoms with Gasteiger partial charge in [-0.15, -0.1) is 11.6 Å². The highest BCUT2D eigenvalue weighted by molar-refractivity contribution is 6.17. The van der Waals surface area contributed by atoms with Crippen molar-refractivity contribution in [3.63, 3.8) is 0 Å². The van der Waals surface area contributed by atoms with Crippen molar-refractivity contribution in [3.8, 4) is 11.8 Å². The van der Waals surface area contributed by atoms with Crippen LogP contribution in [0.3, 0.4) is 0 Å². The van der Waals surface area contributed by atoms with Gasteiger partial charge < -0.3 is 0 Å². The summed E-state index contributed by atoms with van der Waals surface area (Å²) in [6.07, 6.45) is 3.39. The van der Waals surface area contributed by atoms with Crippen molar-refractivity contribution >= 4 is 23.5 Å². The number of halogens is 1. The summed E-state index contributed by atoms with van der Waals surface area (Å²) in [6.45, 7) is 1.53. The first-order chi connectivity index (χ1) is 8.24. The van der Waals surface area contributed by atoms with Gasteiger partial charge in [-0.05, 0) is 25.0 Å². The van der Waals surface area contributed by atoms with E-state index in [1.165, 1.54) is 6.92 Å². The average molecular weight is 247 g/mol. The molecule has 2 heteroatoms. The third-order valence-corrected chi connectivity index (χ3v) is 2.42. The monoisotopic (exact) mass is 246 g/mol. The number of carbonyl (C=O) groups is 1. The molecule has 0 bridgehead atoms. The maximum atomic E-state index is 11.4. The van der Waals surface area contributed by atoms with Crippen LogP contribution in [0.25, 0.3) is 6.08 Å². The molecule has 0 aliphatic rings. The van der Waals surface area contributed by atoms with Crippen molar-refractivity contribution < 1.29 is 4.79 Å². The van der Waals surface area contributed by atoms with Crippen LogP contribution in [0.4, 0.5) is 0 Å². The molecule has 0 unspecified atom stereocenters. The number of carbonyl (C=O) groups excluding carboxylic acids is 1. The van der Waals surface area contributed by atoms with E-state index in [4.69, 9.17) is 11.6 Å². The lowest BCUT2D eigenvalue weighted by molar-refractivity contribution is -0.113. The predicted molar refractivity (Wildman–Crippen MR) is 72.8 cm³/mol. The van der Waals surface area contributed by atoms with E-state index in [0.717, 1.165) is 18.4 Å². The van der Waals surface area contributed by atoms with Crippen LogP contribution in [-0.4, -0.2) is 11.7 Å². The van der Waals surface area contributed by atoms with E-state index >= 15 is 0 Å². The van der Waals surface area contributed by atoms with Crippen molar-refractivity contribution in [2.75, 3.05) is 5.88 Å². The Balaban J connectivity index is 2.82. The molecule has 1 aromatic rings. The molecule has 17 heavy (non-hydrogen) atoms. The summed E-state index contributed by atoms with van der Waals surface area (Å²) in [6, 6.07) is 9.71. The molecule has 1 rings (SSSR count). The summed E-state index contributed by atoms with van der Waals surface area (Å²) >= 11 is 5.56. The second-order valence-corrected chi connectivity index (χ2v) is 4.00. The van der Waals surface area contributed by atoms with E-state index in [0.29, 0.717) is 11.5 Å². The second-order valence-electron chi connectivity index (χ2n) is 3.62. The van der Waals surface area contributed by atoms with Gasteiger partial charge in [0.1, 0.15) is 0 Å². The molecule has 0 atom stereocenters. The van der Waals surface area contributed by atoms with E-state index in [2.05, 4.69) is 11.8 Å². The number of rotatable bonds is 4. The zero-order valence-corrected chi connectivity index (χ0v) is 10.6. The van der Waals surface area contributed by atoms with Crippen molar-refractivity contribution in [1.29, 1.82) is 0 Å². The summed E-state index contributed by atoms with van der Waals surface area (Å²) in [5.74, 6) is 6.47. The molecular weight excluding hydrogens is 232 g/mol. The van der Waals surface area contributed by atoms with Gasteiger partial charge in [-0.2, -0.15) is 0 Å². The van der Waals surface area contributed by atoms with Gasteiger partial charge in [0.2, 0.25) is 0 Å². The van der Waals surface area contributed by atoms with Gasteiger partial charge in [-0.1, -0.05) is 42.2 Å². The molecule has 0 amide bonds. The zero-order chi connectivity index (χ0) is 12.5. The van der Waals surface area contributed by atoms with Crippen LogP contribution in [0.15, 0.2) is 35.9 Å². The number of benzene rings is 1.